The van der Waals surface area contributed by atoms with Crippen LogP contribution in [0.1, 0.15) is 166 Å². The van der Waals surface area contributed by atoms with Crippen molar-refractivity contribution in [2.75, 3.05) is 47.7 Å². The van der Waals surface area contributed by atoms with E-state index in [-0.39, 0.29) is 75.8 Å². The van der Waals surface area contributed by atoms with Gasteiger partial charge in [-0.3, -0.25) is 59.6 Å². The summed E-state index contributed by atoms with van der Waals surface area (Å²) < 4.78 is 41.3. The van der Waals surface area contributed by atoms with Gasteiger partial charge in [0.2, 0.25) is 0 Å². The van der Waals surface area contributed by atoms with Crippen molar-refractivity contribution >= 4 is 94.9 Å². The summed E-state index contributed by atoms with van der Waals surface area (Å²) in [7, 11) is 0. The molecule has 4 amide bonds. The Morgan fingerprint density at radius 1 is 0.354 bits per heavy atom. The van der Waals surface area contributed by atoms with Crippen LogP contribution in [0.3, 0.4) is 0 Å². The first-order chi connectivity index (χ1) is 45.1. The lowest BCUT2D eigenvalue weighted by atomic mass is 9.91. The molecule has 0 heterocycles. The number of amides is 4. The molecule has 2 atom stereocenters. The number of hydrogen-bond acceptors (Lipinski definition) is 20. The minimum atomic E-state index is -0.775. The first-order valence-corrected chi connectivity index (χ1v) is 32.3. The summed E-state index contributed by atoms with van der Waals surface area (Å²) in [6, 6.07) is 20.0. The SMILES string of the molecule is CCC(COC(=O)Nc1ccc(C)c(CC(=O)OC(=O)C(C)(C)CC)c1)COC(=O)Nc1ccc(C)c(CC(=O)OC(=O)C(C)(C)CC)c1.CCC(COC(=O)Nc1ccc(C)c(CC(=O)OC(=O)C(C)CC)c1)COC(=O)Nc1ccc(C)c(CC(=O)OC(=O)C(C)CC)c1. The Morgan fingerprint density at radius 2 is 0.583 bits per heavy atom. The zero-order valence-corrected chi connectivity index (χ0v) is 58.3. The number of benzene rings is 4. The summed E-state index contributed by atoms with van der Waals surface area (Å²) in [6.45, 7) is 28.4. The number of nitrogens with one attached hydrogen (secondary N) is 4. The molecule has 0 spiro atoms. The van der Waals surface area contributed by atoms with E-state index in [1.54, 1.807) is 142 Å². The van der Waals surface area contributed by atoms with Crippen LogP contribution in [0.25, 0.3) is 0 Å². The second-order valence-electron chi connectivity index (χ2n) is 24.9. The summed E-state index contributed by atoms with van der Waals surface area (Å²) in [5, 5.41) is 10.5. The van der Waals surface area contributed by atoms with Gasteiger partial charge in [0, 0.05) is 34.6 Å². The number of esters is 8. The number of carbonyl (C=O) groups is 12. The molecule has 0 saturated heterocycles. The van der Waals surface area contributed by atoms with Crippen LogP contribution in [-0.4, -0.2) is 98.6 Å². The standard InChI is InChI=1S/C37H50N2O10.C35H46N2O10/c1-10-25(21-46-34(44)38-28-15-13-23(4)26(17-28)19-30(40)48-32(42)36(6,7)11-2)22-47-35(45)39-29-16-14-24(5)27(18-29)20-31(41)49-33(43)37(8,9)12-3;1-8-21(4)32(40)46-30(38)17-26-15-28(13-11-23(26)6)36-34(42)44-19-25(10-3)20-45-35(43)37-29-14-12-24(7)27(16-29)18-31(39)47-33(41)22(5)9-2/h13-18,25H,10-12,19-22H2,1-9H3,(H,38,44)(H,39,45);11-16,21-22,25H,8-10,17-20H2,1-7H3,(H,36,42)(H,37,43). The van der Waals surface area contributed by atoms with Gasteiger partial charge in [-0.25, -0.2) is 19.2 Å². The van der Waals surface area contributed by atoms with Gasteiger partial charge in [-0.1, -0.05) is 79.7 Å². The Morgan fingerprint density at radius 3 is 0.792 bits per heavy atom. The van der Waals surface area contributed by atoms with Crippen LogP contribution in [0.4, 0.5) is 41.9 Å². The molecule has 96 heavy (non-hydrogen) atoms. The van der Waals surface area contributed by atoms with E-state index in [1.807, 2.05) is 41.5 Å². The molecule has 0 bridgehead atoms. The quantitative estimate of drug-likeness (QED) is 0.0214. The Balaban J connectivity index is 0.000000501. The smallest absolute Gasteiger partial charge is 0.411 e. The van der Waals surface area contributed by atoms with Gasteiger partial charge in [0.25, 0.3) is 0 Å². The number of carbonyl (C=O) groups excluding carboxylic acids is 12. The van der Waals surface area contributed by atoms with Gasteiger partial charge in [-0.15, -0.1) is 0 Å². The Labute approximate surface area is 562 Å². The summed E-state index contributed by atoms with van der Waals surface area (Å²) in [5.41, 5.74) is 5.53. The molecule has 0 saturated carbocycles. The molecule has 4 aromatic carbocycles. The van der Waals surface area contributed by atoms with Gasteiger partial charge in [0.05, 0.1) is 74.8 Å². The number of rotatable bonds is 30. The zero-order valence-electron chi connectivity index (χ0n) is 58.3. The van der Waals surface area contributed by atoms with E-state index in [0.29, 0.717) is 83.5 Å². The highest BCUT2D eigenvalue weighted by Crippen LogP contribution is 2.26. The second kappa shape index (κ2) is 39.4. The van der Waals surface area contributed by atoms with Crippen molar-refractivity contribution in [2.24, 2.45) is 34.5 Å². The zero-order chi connectivity index (χ0) is 72.0. The Kier molecular flexibility index (Phi) is 33.1. The molecular weight excluding hydrogens is 1240 g/mol. The third-order valence-electron chi connectivity index (χ3n) is 16.4. The second-order valence-corrected chi connectivity index (χ2v) is 24.9. The van der Waals surface area contributed by atoms with E-state index in [2.05, 4.69) is 21.3 Å². The molecule has 2 unspecified atom stereocenters. The molecule has 0 aliphatic rings. The van der Waals surface area contributed by atoms with E-state index in [4.69, 9.17) is 37.9 Å². The van der Waals surface area contributed by atoms with E-state index in [0.717, 1.165) is 22.3 Å². The van der Waals surface area contributed by atoms with E-state index in [1.165, 1.54) is 0 Å². The van der Waals surface area contributed by atoms with Crippen LogP contribution < -0.4 is 21.3 Å². The molecule has 24 nitrogen and oxygen atoms in total. The van der Waals surface area contributed by atoms with E-state index in [9.17, 15) is 57.5 Å². The van der Waals surface area contributed by atoms with Gasteiger partial charge >= 0.3 is 72.1 Å². The highest BCUT2D eigenvalue weighted by molar-refractivity contribution is 5.93. The maximum Gasteiger partial charge on any atom is 0.411 e. The Hall–Kier alpha value is -9.48. The van der Waals surface area contributed by atoms with Crippen LogP contribution in [0.5, 0.6) is 0 Å². The van der Waals surface area contributed by atoms with Gasteiger partial charge in [0.1, 0.15) is 0 Å². The number of hydrogen-bond donors (Lipinski definition) is 4. The molecule has 0 aliphatic carbocycles. The van der Waals surface area contributed by atoms with E-state index < -0.39 is 83.0 Å². The minimum Gasteiger partial charge on any atom is -0.449 e. The molecule has 524 valence electrons. The molecule has 4 aromatic rings. The number of ether oxygens (including phenoxy) is 8. The first kappa shape index (κ1) is 80.8. The summed E-state index contributed by atoms with van der Waals surface area (Å²) in [5.74, 6) is -6.39. The Bertz CT molecular complexity index is 3190. The average molecular weight is 1340 g/mol. The lowest BCUT2D eigenvalue weighted by Crippen LogP contribution is -2.28. The molecule has 24 heteroatoms. The van der Waals surface area contributed by atoms with Gasteiger partial charge < -0.3 is 37.9 Å². The predicted octanol–water partition coefficient (Wildman–Crippen LogP) is 13.7. The van der Waals surface area contributed by atoms with Gasteiger partial charge in [-0.2, -0.15) is 0 Å². The fourth-order valence-electron chi connectivity index (χ4n) is 8.01. The molecule has 4 N–H and O–H groups in total. The van der Waals surface area contributed by atoms with Crippen LogP contribution >= 0.6 is 0 Å². The molecule has 0 radical (unpaired) electrons. The van der Waals surface area contributed by atoms with Crippen LogP contribution in [0.15, 0.2) is 72.8 Å². The van der Waals surface area contributed by atoms with Crippen LogP contribution in [-0.2, 0) is 102 Å². The topological polar surface area (TPSA) is 327 Å². The normalized spacial score (nSPS) is 12.0. The van der Waals surface area contributed by atoms with Crippen molar-refractivity contribution in [3.05, 3.63) is 117 Å². The van der Waals surface area contributed by atoms with Crippen LogP contribution in [0, 0.1) is 62.2 Å². The number of anilines is 4. The molecular formula is C72H96N4O20. The summed E-state index contributed by atoms with van der Waals surface area (Å²) in [6.07, 6.45) is -0.200. The third kappa shape index (κ3) is 28.2. The predicted molar refractivity (Wildman–Crippen MR) is 358 cm³/mol. The summed E-state index contributed by atoms with van der Waals surface area (Å²) >= 11 is 0. The minimum absolute atomic E-state index is 0.0233. The van der Waals surface area contributed by atoms with Gasteiger partial charge in [-0.05, 0) is 187 Å². The van der Waals surface area contributed by atoms with Crippen molar-refractivity contribution < 1.29 is 95.4 Å². The van der Waals surface area contributed by atoms with Crippen molar-refractivity contribution in [1.82, 2.24) is 0 Å². The van der Waals surface area contributed by atoms with Crippen molar-refractivity contribution in [3.63, 3.8) is 0 Å². The van der Waals surface area contributed by atoms with Crippen molar-refractivity contribution in [3.8, 4) is 0 Å². The van der Waals surface area contributed by atoms with Crippen molar-refractivity contribution in [2.45, 2.75) is 175 Å². The maximum atomic E-state index is 12.5. The number of aryl methyl sites for hydroxylation is 4. The monoisotopic (exact) mass is 1340 g/mol. The molecule has 4 rings (SSSR count). The fraction of sp³-hybridized carbons (Fsp3) is 0.500. The molecule has 0 aliphatic heterocycles. The van der Waals surface area contributed by atoms with Gasteiger partial charge in [0.15, 0.2) is 0 Å². The maximum absolute atomic E-state index is 12.5. The van der Waals surface area contributed by atoms with E-state index >= 15 is 0 Å². The summed E-state index contributed by atoms with van der Waals surface area (Å²) in [4.78, 5) is 148. The average Bonchev–Trinajstić information content (AvgIpc) is 0.972. The highest BCUT2D eigenvalue weighted by Gasteiger charge is 2.31. The lowest BCUT2D eigenvalue weighted by molar-refractivity contribution is -0.167. The third-order valence-corrected chi connectivity index (χ3v) is 16.4. The first-order valence-electron chi connectivity index (χ1n) is 32.3. The molecule has 0 aromatic heterocycles. The highest BCUT2D eigenvalue weighted by atomic mass is 16.6. The largest absolute Gasteiger partial charge is 0.449 e. The fourth-order valence-corrected chi connectivity index (χ4v) is 8.01. The molecule has 0 fully saturated rings. The lowest BCUT2D eigenvalue weighted by Gasteiger charge is -2.19. The van der Waals surface area contributed by atoms with Crippen molar-refractivity contribution in [1.29, 1.82) is 0 Å². The van der Waals surface area contributed by atoms with Crippen LogP contribution in [0.2, 0.25) is 0 Å².